The number of hydrogen-bond acceptors (Lipinski definition) is 12. The summed E-state index contributed by atoms with van der Waals surface area (Å²) in [5, 5.41) is 1.09. The van der Waals surface area contributed by atoms with Crippen LogP contribution in [0.1, 0.15) is 140 Å². The molecule has 0 unspecified atom stereocenters. The average molecular weight is 946 g/mol. The average Bonchev–Trinajstić information content (AvgIpc) is 3.74. The fraction of sp³-hybridized carbons (Fsp3) is 0.536. The highest BCUT2D eigenvalue weighted by molar-refractivity contribution is 6.17. The van der Waals surface area contributed by atoms with E-state index in [2.05, 4.69) is 0 Å². The van der Waals surface area contributed by atoms with Crippen molar-refractivity contribution >= 4 is 39.8 Å². The Morgan fingerprint density at radius 3 is 1.67 bits per heavy atom. The van der Waals surface area contributed by atoms with Crippen molar-refractivity contribution in [3.8, 4) is 62.6 Å². The van der Waals surface area contributed by atoms with Crippen LogP contribution < -0.4 is 38.8 Å². The first-order valence-electron chi connectivity index (χ1n) is 25.5. The molecule has 69 heavy (non-hydrogen) atoms. The molecule has 0 atom stereocenters. The van der Waals surface area contributed by atoms with Crippen molar-refractivity contribution in [2.75, 3.05) is 28.4 Å². The van der Waals surface area contributed by atoms with E-state index in [9.17, 15) is 19.2 Å². The highest BCUT2D eigenvalue weighted by Gasteiger charge is 2.35. The second-order valence-corrected chi connectivity index (χ2v) is 19.6. The Labute approximate surface area is 404 Å². The van der Waals surface area contributed by atoms with Gasteiger partial charge in [-0.2, -0.15) is 0 Å². The molecule has 13 nitrogen and oxygen atoms in total. The van der Waals surface area contributed by atoms with E-state index in [0.717, 1.165) is 63.4 Å². The van der Waals surface area contributed by atoms with Gasteiger partial charge in [-0.3, -0.25) is 14.4 Å². The minimum absolute atomic E-state index is 0.153. The first-order chi connectivity index (χ1) is 33.7. The molecule has 0 bridgehead atoms. The maximum atomic E-state index is 14.6. The van der Waals surface area contributed by atoms with Crippen LogP contribution in [0.4, 0.5) is 0 Å². The zero-order chi connectivity index (χ0) is 48.0. The smallest absolute Gasteiger partial charge is 0.361 e. The molecule has 9 rings (SSSR count). The van der Waals surface area contributed by atoms with Gasteiger partial charge in [0.15, 0.2) is 34.5 Å². The molecule has 0 spiro atoms. The van der Waals surface area contributed by atoms with Gasteiger partial charge in [0.25, 0.3) is 0 Å². The summed E-state index contributed by atoms with van der Waals surface area (Å²) >= 11 is 0. The van der Waals surface area contributed by atoms with Crippen LogP contribution in [-0.4, -0.2) is 50.9 Å². The van der Waals surface area contributed by atoms with Crippen molar-refractivity contribution < 1.29 is 52.0 Å². The molecular weight excluding hydrogens is 879 g/mol. The fourth-order valence-corrected chi connectivity index (χ4v) is 11.7. The van der Waals surface area contributed by atoms with Crippen molar-refractivity contribution in [2.24, 2.45) is 17.8 Å². The van der Waals surface area contributed by atoms with E-state index in [1.54, 1.807) is 24.3 Å². The largest absolute Gasteiger partial charge is 0.493 e. The van der Waals surface area contributed by atoms with E-state index in [-0.39, 0.29) is 53.6 Å². The minimum atomic E-state index is -0.599. The molecule has 0 N–H and O–H groups in total. The summed E-state index contributed by atoms with van der Waals surface area (Å²) < 4.78 is 50.0. The third kappa shape index (κ3) is 10.3. The monoisotopic (exact) mass is 945 g/mol. The fourth-order valence-electron chi connectivity index (χ4n) is 11.7. The number of methoxy groups -OCH3 is 4. The molecule has 4 aliphatic rings. The summed E-state index contributed by atoms with van der Waals surface area (Å²) in [6.07, 6.45) is 21.1. The Morgan fingerprint density at radius 1 is 0.580 bits per heavy atom. The Hall–Kier alpha value is -5.98. The summed E-state index contributed by atoms with van der Waals surface area (Å²) in [5.74, 6) is 2.46. The van der Waals surface area contributed by atoms with Gasteiger partial charge in [-0.1, -0.05) is 102 Å². The molecule has 5 aromatic rings. The molecule has 1 aliphatic heterocycles. The number of ether oxygens (including phenoxy) is 7. The van der Waals surface area contributed by atoms with Crippen molar-refractivity contribution in [1.82, 2.24) is 4.57 Å². The van der Waals surface area contributed by atoms with Gasteiger partial charge in [0.05, 0.1) is 34.1 Å². The van der Waals surface area contributed by atoms with Crippen LogP contribution in [0.3, 0.4) is 0 Å². The van der Waals surface area contributed by atoms with Crippen molar-refractivity contribution in [2.45, 2.75) is 148 Å². The molecule has 3 heterocycles. The highest BCUT2D eigenvalue weighted by atomic mass is 16.6. The molecule has 0 saturated heterocycles. The quantitative estimate of drug-likeness (QED) is 0.0496. The molecule has 3 saturated carbocycles. The number of carbonyl (C=O) groups is 3. The first-order valence-corrected chi connectivity index (χ1v) is 25.5. The molecule has 0 amide bonds. The van der Waals surface area contributed by atoms with Gasteiger partial charge in [-0.05, 0) is 73.3 Å². The van der Waals surface area contributed by atoms with Gasteiger partial charge in [-0.25, -0.2) is 4.79 Å². The maximum Gasteiger partial charge on any atom is 0.361 e. The topological polar surface area (TPSA) is 151 Å². The molecule has 368 valence electrons. The van der Waals surface area contributed by atoms with Crippen LogP contribution >= 0.6 is 0 Å². The first kappa shape index (κ1) is 48.1. The number of carbonyl (C=O) groups excluding carboxylic acids is 3. The van der Waals surface area contributed by atoms with Crippen molar-refractivity contribution in [1.29, 1.82) is 0 Å². The highest BCUT2D eigenvalue weighted by Crippen LogP contribution is 2.53. The van der Waals surface area contributed by atoms with E-state index in [1.807, 2.05) is 16.7 Å². The molecule has 3 aliphatic carbocycles. The Balaban J connectivity index is 1.17. The number of hydrogen-bond donors (Lipinski definition) is 0. The Bertz CT molecular complexity index is 2750. The molecule has 0 radical (unpaired) electrons. The summed E-state index contributed by atoms with van der Waals surface area (Å²) in [6.45, 7) is 0.318. The molecule has 3 fully saturated rings. The van der Waals surface area contributed by atoms with E-state index < -0.39 is 5.63 Å². The third-order valence-corrected chi connectivity index (χ3v) is 15.3. The molecule has 13 heteroatoms. The van der Waals surface area contributed by atoms with Gasteiger partial charge in [0.1, 0.15) is 11.1 Å². The normalized spacial score (nSPS) is 16.7. The lowest BCUT2D eigenvalue weighted by Crippen LogP contribution is -2.18. The summed E-state index contributed by atoms with van der Waals surface area (Å²) in [7, 11) is 6.10. The lowest BCUT2D eigenvalue weighted by molar-refractivity contribution is -0.135. The van der Waals surface area contributed by atoms with Crippen LogP contribution in [-0.2, 0) is 27.3 Å². The van der Waals surface area contributed by atoms with Gasteiger partial charge in [0.2, 0.25) is 5.75 Å². The Morgan fingerprint density at radius 2 is 1.12 bits per heavy atom. The van der Waals surface area contributed by atoms with Crippen molar-refractivity contribution in [3.05, 3.63) is 52.4 Å². The van der Waals surface area contributed by atoms with E-state index in [0.29, 0.717) is 98.8 Å². The van der Waals surface area contributed by atoms with Crippen LogP contribution in [0.5, 0.6) is 40.2 Å². The SMILES string of the molecule is COc1cc(-c2c3n(c4c(=O)oc5cc(OC(=O)CCC6CCCCC6)c(OC)cc5c24)CCc2c-3cc(OC)c(OC)c2OC(=O)CCC2CCCCC2)ccc1OC(=O)CCC1CCCCC1. The van der Waals surface area contributed by atoms with Gasteiger partial charge in [0, 0.05) is 59.3 Å². The molecule has 3 aromatic carbocycles. The summed E-state index contributed by atoms with van der Waals surface area (Å²) in [6, 6.07) is 10.5. The zero-order valence-corrected chi connectivity index (χ0v) is 40.8. The van der Waals surface area contributed by atoms with Crippen LogP contribution in [0.2, 0.25) is 0 Å². The number of fused-ring (bicyclic) bond motifs is 7. The van der Waals surface area contributed by atoms with Crippen LogP contribution in [0.25, 0.3) is 44.3 Å². The van der Waals surface area contributed by atoms with E-state index in [1.165, 1.54) is 86.2 Å². The zero-order valence-electron chi connectivity index (χ0n) is 40.8. The van der Waals surface area contributed by atoms with E-state index >= 15 is 0 Å². The van der Waals surface area contributed by atoms with E-state index in [4.69, 9.17) is 37.6 Å². The number of esters is 3. The van der Waals surface area contributed by atoms with Crippen molar-refractivity contribution in [3.63, 3.8) is 0 Å². The second kappa shape index (κ2) is 21.8. The number of rotatable bonds is 17. The standard InChI is InChI=1S/C56H67NO12/c1-62-43-30-37(23-24-41(43)66-47(58)25-20-34-14-8-5-9-15-34)50-51-40-32-44(63-2)45(67-48(59)26-21-35-16-10-6-11-17-35)33-42(40)68-56(61)53(51)57-29-28-38-39(52(50)57)31-46(64-3)55(65-4)54(38)69-49(60)27-22-36-18-12-7-13-19-36/h23-24,30-36H,5-22,25-29H2,1-4H3. The number of aryl methyl sites for hydroxylation is 1. The predicted molar refractivity (Wildman–Crippen MR) is 263 cm³/mol. The third-order valence-electron chi connectivity index (χ3n) is 15.3. The van der Waals surface area contributed by atoms with Gasteiger partial charge < -0.3 is 42.1 Å². The number of benzene rings is 3. The van der Waals surface area contributed by atoms with Gasteiger partial charge in [-0.15, -0.1) is 0 Å². The van der Waals surface area contributed by atoms with Gasteiger partial charge >= 0.3 is 23.5 Å². The predicted octanol–water partition coefficient (Wildman–Crippen LogP) is 12.5. The lowest BCUT2D eigenvalue weighted by Gasteiger charge is -2.26. The lowest BCUT2D eigenvalue weighted by atomic mass is 9.86. The maximum absolute atomic E-state index is 14.6. The Kier molecular flexibility index (Phi) is 15.2. The van der Waals surface area contributed by atoms with Crippen LogP contribution in [0.15, 0.2) is 45.6 Å². The number of nitrogens with zero attached hydrogens (tertiary/aromatic N) is 1. The minimum Gasteiger partial charge on any atom is -0.493 e. The molecular formula is C56H67NO12. The number of aromatic nitrogens is 1. The second-order valence-electron chi connectivity index (χ2n) is 19.6. The summed E-state index contributed by atoms with van der Waals surface area (Å²) in [5.41, 5.74) is 3.21. The molecule has 2 aromatic heterocycles. The van der Waals surface area contributed by atoms with Crippen LogP contribution in [0, 0.1) is 17.8 Å². The summed E-state index contributed by atoms with van der Waals surface area (Å²) in [4.78, 5) is 55.0.